The van der Waals surface area contributed by atoms with Gasteiger partial charge < -0.3 is 23.8 Å². The van der Waals surface area contributed by atoms with E-state index in [1.54, 1.807) is 14.2 Å². The van der Waals surface area contributed by atoms with Crippen LogP contribution in [0.2, 0.25) is 0 Å². The smallest absolute Gasteiger partial charge is 0.352 e. The lowest BCUT2D eigenvalue weighted by molar-refractivity contribution is -0.152. The number of nitrogens with zero attached hydrogens (tertiary/aromatic N) is 1. The van der Waals surface area contributed by atoms with E-state index >= 15 is 0 Å². The summed E-state index contributed by atoms with van der Waals surface area (Å²) >= 11 is 0. The van der Waals surface area contributed by atoms with Crippen LogP contribution < -0.4 is 14.2 Å². The molecule has 1 aliphatic rings. The zero-order valence-corrected chi connectivity index (χ0v) is 15.4. The number of methoxy groups -OCH3 is 2. The highest BCUT2D eigenvalue weighted by molar-refractivity contribution is 5.90. The van der Waals surface area contributed by atoms with Gasteiger partial charge in [-0.15, -0.1) is 0 Å². The molecule has 0 aromatic heterocycles. The molecule has 0 fully saturated rings. The molecule has 2 aromatic carbocycles. The summed E-state index contributed by atoms with van der Waals surface area (Å²) in [5.74, 6) is 1.46. The molecule has 6 nitrogen and oxygen atoms in total. The van der Waals surface area contributed by atoms with Gasteiger partial charge >= 0.3 is 5.97 Å². The van der Waals surface area contributed by atoms with Crippen molar-refractivity contribution in [2.75, 3.05) is 41.5 Å². The predicted molar refractivity (Wildman–Crippen MR) is 97.9 cm³/mol. The minimum atomic E-state index is -0.845. The van der Waals surface area contributed by atoms with E-state index in [-0.39, 0.29) is 0 Å². The molecule has 0 N–H and O–H groups in total. The van der Waals surface area contributed by atoms with Gasteiger partial charge in [-0.2, -0.15) is 0 Å². The Bertz CT molecular complexity index is 803. The molecule has 0 bridgehead atoms. The van der Waals surface area contributed by atoms with Gasteiger partial charge in [0.25, 0.3) is 0 Å². The van der Waals surface area contributed by atoms with Gasteiger partial charge in [-0.05, 0) is 32.3 Å². The average Bonchev–Trinajstić information content (AvgIpc) is 2.65. The summed E-state index contributed by atoms with van der Waals surface area (Å²) in [5, 5.41) is 0. The van der Waals surface area contributed by atoms with E-state index in [4.69, 9.17) is 18.9 Å². The highest BCUT2D eigenvalue weighted by Gasteiger charge is 2.36. The maximum Gasteiger partial charge on any atom is 0.352 e. The molecular weight excluding hydrogens is 334 g/mol. The lowest BCUT2D eigenvalue weighted by atomic mass is 9.91. The molecule has 0 amide bonds. The molecule has 1 atom stereocenters. The average molecular weight is 357 g/mol. The third-order valence-corrected chi connectivity index (χ3v) is 4.26. The van der Waals surface area contributed by atoms with Crippen molar-refractivity contribution in [3.63, 3.8) is 0 Å². The Morgan fingerprint density at radius 3 is 2.35 bits per heavy atom. The molecule has 0 aliphatic carbocycles. The van der Waals surface area contributed by atoms with Gasteiger partial charge in [0.1, 0.15) is 23.9 Å². The van der Waals surface area contributed by atoms with E-state index in [2.05, 4.69) is 0 Å². The normalized spacial score (nSPS) is 14.9. The van der Waals surface area contributed by atoms with Crippen LogP contribution in [0.4, 0.5) is 0 Å². The van der Waals surface area contributed by atoms with Crippen LogP contribution in [-0.4, -0.2) is 52.3 Å². The van der Waals surface area contributed by atoms with Gasteiger partial charge in [0.05, 0.1) is 19.8 Å². The Hall–Kier alpha value is -2.73. The summed E-state index contributed by atoms with van der Waals surface area (Å²) in [7, 11) is 7.05. The van der Waals surface area contributed by atoms with Crippen LogP contribution in [0.25, 0.3) is 11.1 Å². The van der Waals surface area contributed by atoms with Gasteiger partial charge in [0.2, 0.25) is 6.10 Å². The van der Waals surface area contributed by atoms with E-state index < -0.39 is 12.1 Å². The first kappa shape index (κ1) is 18.1. The summed E-state index contributed by atoms with van der Waals surface area (Å²) in [4.78, 5) is 14.6. The van der Waals surface area contributed by atoms with Gasteiger partial charge in [-0.25, -0.2) is 4.79 Å². The minimum Gasteiger partial charge on any atom is -0.496 e. The molecule has 3 rings (SSSR count). The van der Waals surface area contributed by atoms with E-state index in [0.717, 1.165) is 11.1 Å². The van der Waals surface area contributed by atoms with Gasteiger partial charge in [-0.1, -0.05) is 18.2 Å². The van der Waals surface area contributed by atoms with E-state index in [1.807, 2.05) is 55.4 Å². The van der Waals surface area contributed by atoms with Crippen molar-refractivity contribution in [1.29, 1.82) is 0 Å². The maximum atomic E-state index is 12.7. The number of rotatable bonds is 6. The number of esters is 1. The van der Waals surface area contributed by atoms with Gasteiger partial charge in [0.15, 0.2) is 0 Å². The van der Waals surface area contributed by atoms with Crippen molar-refractivity contribution in [3.8, 4) is 28.4 Å². The fourth-order valence-corrected chi connectivity index (χ4v) is 3.00. The summed E-state index contributed by atoms with van der Waals surface area (Å²) in [6.45, 7) is 0.948. The Balaban J connectivity index is 2.03. The maximum absolute atomic E-state index is 12.7. The number of benzene rings is 2. The summed E-state index contributed by atoms with van der Waals surface area (Å²) in [6, 6.07) is 11.0. The van der Waals surface area contributed by atoms with Crippen LogP contribution >= 0.6 is 0 Å². The van der Waals surface area contributed by atoms with Gasteiger partial charge in [0, 0.05) is 17.7 Å². The van der Waals surface area contributed by atoms with Crippen molar-refractivity contribution in [3.05, 3.63) is 42.0 Å². The lowest BCUT2D eigenvalue weighted by Gasteiger charge is -2.29. The number of fused-ring (bicyclic) bond motifs is 3. The SMILES string of the molecule is COc1cccc2c1-c1c(OC)cccc1C(C(=O)OCCN(C)C)O2. The molecule has 0 spiro atoms. The van der Waals surface area contributed by atoms with Crippen LogP contribution in [0.5, 0.6) is 17.2 Å². The van der Waals surface area contributed by atoms with Crippen LogP contribution in [0, 0.1) is 0 Å². The number of carbonyl (C=O) groups excluding carboxylic acids is 1. The first-order chi connectivity index (χ1) is 12.6. The Kier molecular flexibility index (Phi) is 5.32. The van der Waals surface area contributed by atoms with Gasteiger partial charge in [-0.3, -0.25) is 0 Å². The van der Waals surface area contributed by atoms with Crippen molar-refractivity contribution < 1.29 is 23.7 Å². The second-order valence-electron chi connectivity index (χ2n) is 6.23. The molecule has 6 heteroatoms. The van der Waals surface area contributed by atoms with E-state index in [1.165, 1.54) is 0 Å². The molecule has 1 unspecified atom stereocenters. The summed E-state index contributed by atoms with van der Waals surface area (Å²) in [6.07, 6.45) is -0.845. The van der Waals surface area contributed by atoms with E-state index in [0.29, 0.717) is 36.0 Å². The molecule has 26 heavy (non-hydrogen) atoms. The van der Waals surface area contributed by atoms with Crippen molar-refractivity contribution in [2.45, 2.75) is 6.10 Å². The summed E-state index contributed by atoms with van der Waals surface area (Å²) < 4.78 is 22.5. The molecular formula is C20H23NO5. The lowest BCUT2D eigenvalue weighted by Crippen LogP contribution is -2.27. The largest absolute Gasteiger partial charge is 0.496 e. The number of carbonyl (C=O) groups is 1. The standard InChI is InChI=1S/C20H23NO5/c1-21(2)11-12-25-20(22)19-13-7-5-8-14(23-3)17(13)18-15(24-4)9-6-10-16(18)26-19/h5-10,19H,11-12H2,1-4H3. The fraction of sp³-hybridized carbons (Fsp3) is 0.350. The molecule has 1 heterocycles. The molecule has 2 aromatic rings. The highest BCUT2D eigenvalue weighted by atomic mass is 16.6. The van der Waals surface area contributed by atoms with Crippen LogP contribution in [0.15, 0.2) is 36.4 Å². The summed E-state index contributed by atoms with van der Waals surface area (Å²) in [5.41, 5.74) is 2.28. The molecule has 138 valence electrons. The van der Waals surface area contributed by atoms with Crippen LogP contribution in [-0.2, 0) is 9.53 Å². The zero-order chi connectivity index (χ0) is 18.7. The fourth-order valence-electron chi connectivity index (χ4n) is 3.00. The number of hydrogen-bond acceptors (Lipinski definition) is 6. The molecule has 1 aliphatic heterocycles. The highest BCUT2D eigenvalue weighted by Crippen LogP contribution is 2.50. The Morgan fingerprint density at radius 1 is 1.04 bits per heavy atom. The quantitative estimate of drug-likeness (QED) is 0.741. The first-order valence-corrected chi connectivity index (χ1v) is 8.39. The van der Waals surface area contributed by atoms with Crippen LogP contribution in [0.3, 0.4) is 0 Å². The molecule has 0 saturated heterocycles. The third kappa shape index (κ3) is 3.32. The number of ether oxygens (including phenoxy) is 4. The minimum absolute atomic E-state index is 0.302. The van der Waals surface area contributed by atoms with Crippen LogP contribution in [0.1, 0.15) is 11.7 Å². The first-order valence-electron chi connectivity index (χ1n) is 8.39. The van der Waals surface area contributed by atoms with Crippen molar-refractivity contribution in [1.82, 2.24) is 4.90 Å². The van der Waals surface area contributed by atoms with Crippen molar-refractivity contribution in [2.24, 2.45) is 0 Å². The Morgan fingerprint density at radius 2 is 1.69 bits per heavy atom. The predicted octanol–water partition coefficient (Wildman–Crippen LogP) is 2.91. The monoisotopic (exact) mass is 357 g/mol. The number of likely N-dealkylation sites (N-methyl/N-ethyl adjacent to an activating group) is 1. The zero-order valence-electron chi connectivity index (χ0n) is 15.4. The second kappa shape index (κ2) is 7.66. The third-order valence-electron chi connectivity index (χ3n) is 4.26. The number of hydrogen-bond donors (Lipinski definition) is 0. The molecule has 0 saturated carbocycles. The topological polar surface area (TPSA) is 57.2 Å². The second-order valence-corrected chi connectivity index (χ2v) is 6.23. The molecule has 0 radical (unpaired) electrons. The Labute approximate surface area is 153 Å². The van der Waals surface area contributed by atoms with Crippen molar-refractivity contribution >= 4 is 5.97 Å². The van der Waals surface area contributed by atoms with E-state index in [9.17, 15) is 4.79 Å².